The van der Waals surface area contributed by atoms with Gasteiger partial charge in [-0.3, -0.25) is 0 Å². The fourth-order valence-corrected chi connectivity index (χ4v) is 3.58. The highest BCUT2D eigenvalue weighted by molar-refractivity contribution is 5.50. The normalized spacial score (nSPS) is 13.6. The lowest BCUT2D eigenvalue weighted by Crippen LogP contribution is -2.02. The Morgan fingerprint density at radius 1 is 0.654 bits per heavy atom. The summed E-state index contributed by atoms with van der Waals surface area (Å²) in [4.78, 5) is 0. The van der Waals surface area contributed by atoms with E-state index in [-0.39, 0.29) is 0 Å². The lowest BCUT2D eigenvalue weighted by atomic mass is 9.85. The second-order valence-electron chi connectivity index (χ2n) is 6.88. The molecular weight excluding hydrogens is 312 g/mol. The molecule has 0 aliphatic rings. The van der Waals surface area contributed by atoms with Crippen LogP contribution in [0.1, 0.15) is 54.7 Å². The summed E-state index contributed by atoms with van der Waals surface area (Å²) >= 11 is 0. The van der Waals surface area contributed by atoms with E-state index in [1.165, 1.54) is 36.0 Å². The molecule has 0 spiro atoms. The first kappa shape index (κ1) is 18.2. The maximum Gasteiger partial charge on any atom is 0.00215 e. The van der Waals surface area contributed by atoms with Crippen molar-refractivity contribution in [3.05, 3.63) is 114 Å². The SMILES string of the molecule is CCC(CCC(/C=C\c1ccccc1)c1ccccc1)c1ccccc1. The molecule has 3 aromatic rings. The van der Waals surface area contributed by atoms with Gasteiger partial charge in [0.25, 0.3) is 0 Å². The van der Waals surface area contributed by atoms with E-state index in [9.17, 15) is 0 Å². The van der Waals surface area contributed by atoms with Crippen LogP contribution in [0.3, 0.4) is 0 Å². The monoisotopic (exact) mass is 340 g/mol. The Balaban J connectivity index is 1.74. The highest BCUT2D eigenvalue weighted by Gasteiger charge is 2.13. The lowest BCUT2D eigenvalue weighted by Gasteiger charge is -2.19. The zero-order chi connectivity index (χ0) is 18.0. The van der Waals surface area contributed by atoms with Crippen LogP contribution in [-0.2, 0) is 0 Å². The van der Waals surface area contributed by atoms with Gasteiger partial charge in [0.15, 0.2) is 0 Å². The molecule has 0 heteroatoms. The smallest absolute Gasteiger partial charge is 0.00215 e. The van der Waals surface area contributed by atoms with Crippen LogP contribution in [-0.4, -0.2) is 0 Å². The van der Waals surface area contributed by atoms with Crippen LogP contribution in [0.4, 0.5) is 0 Å². The van der Waals surface area contributed by atoms with Gasteiger partial charge >= 0.3 is 0 Å². The largest absolute Gasteiger partial charge is 0.0764 e. The van der Waals surface area contributed by atoms with Gasteiger partial charge in [-0.2, -0.15) is 0 Å². The summed E-state index contributed by atoms with van der Waals surface area (Å²) in [5.74, 6) is 1.08. The van der Waals surface area contributed by atoms with E-state index >= 15 is 0 Å². The van der Waals surface area contributed by atoms with Crippen molar-refractivity contribution in [2.45, 2.75) is 38.0 Å². The molecule has 0 amide bonds. The van der Waals surface area contributed by atoms with E-state index in [2.05, 4.69) is 110 Å². The van der Waals surface area contributed by atoms with Crippen molar-refractivity contribution in [2.75, 3.05) is 0 Å². The summed E-state index contributed by atoms with van der Waals surface area (Å²) in [7, 11) is 0. The molecule has 0 aliphatic heterocycles. The third-order valence-corrected chi connectivity index (χ3v) is 5.14. The highest BCUT2D eigenvalue weighted by Crippen LogP contribution is 2.31. The topological polar surface area (TPSA) is 0 Å². The molecule has 0 bridgehead atoms. The molecule has 0 N–H and O–H groups in total. The predicted molar refractivity (Wildman–Crippen MR) is 113 cm³/mol. The standard InChI is InChI=1S/C26H28/c1-2-23(24-14-8-4-9-15-24)20-21-26(25-16-10-5-11-17-25)19-18-22-12-6-3-7-13-22/h3-19,23,26H,2,20-21H2,1H3/b19-18-. The predicted octanol–water partition coefficient (Wildman–Crippen LogP) is 7.46. The van der Waals surface area contributed by atoms with E-state index in [0.717, 1.165) is 0 Å². The van der Waals surface area contributed by atoms with Crippen LogP contribution in [0.25, 0.3) is 6.08 Å². The molecule has 26 heavy (non-hydrogen) atoms. The van der Waals surface area contributed by atoms with Crippen molar-refractivity contribution in [1.82, 2.24) is 0 Å². The van der Waals surface area contributed by atoms with Gasteiger partial charge in [0, 0.05) is 5.92 Å². The quantitative estimate of drug-likeness (QED) is 0.399. The zero-order valence-electron chi connectivity index (χ0n) is 15.6. The van der Waals surface area contributed by atoms with E-state index in [1.807, 2.05) is 0 Å². The van der Waals surface area contributed by atoms with Crippen molar-refractivity contribution >= 4 is 6.08 Å². The minimum absolute atomic E-state index is 0.453. The van der Waals surface area contributed by atoms with E-state index in [4.69, 9.17) is 0 Å². The van der Waals surface area contributed by atoms with Gasteiger partial charge in [-0.05, 0) is 41.9 Å². The molecule has 0 nitrogen and oxygen atoms in total. The summed E-state index contributed by atoms with van der Waals surface area (Å²) in [6, 6.07) is 32.4. The molecule has 0 saturated heterocycles. The van der Waals surface area contributed by atoms with Crippen LogP contribution < -0.4 is 0 Å². The number of allylic oxidation sites excluding steroid dienone is 1. The molecule has 3 aromatic carbocycles. The van der Waals surface area contributed by atoms with E-state index in [1.54, 1.807) is 0 Å². The Morgan fingerprint density at radius 3 is 1.77 bits per heavy atom. The Hall–Kier alpha value is -2.60. The van der Waals surface area contributed by atoms with Crippen LogP contribution in [0.5, 0.6) is 0 Å². The van der Waals surface area contributed by atoms with Crippen LogP contribution in [0.2, 0.25) is 0 Å². The summed E-state index contributed by atoms with van der Waals surface area (Å²) in [5.41, 5.74) is 4.14. The summed E-state index contributed by atoms with van der Waals surface area (Å²) in [6.45, 7) is 2.30. The summed E-state index contributed by atoms with van der Waals surface area (Å²) < 4.78 is 0. The maximum absolute atomic E-state index is 2.38. The van der Waals surface area contributed by atoms with E-state index in [0.29, 0.717) is 11.8 Å². The van der Waals surface area contributed by atoms with Gasteiger partial charge in [-0.1, -0.05) is 110 Å². The molecule has 2 unspecified atom stereocenters. The van der Waals surface area contributed by atoms with Gasteiger partial charge in [0.2, 0.25) is 0 Å². The average Bonchev–Trinajstić information content (AvgIpc) is 2.73. The second kappa shape index (κ2) is 9.77. The van der Waals surface area contributed by atoms with Crippen molar-refractivity contribution in [3.8, 4) is 0 Å². The molecule has 0 saturated carbocycles. The van der Waals surface area contributed by atoms with Gasteiger partial charge in [0.1, 0.15) is 0 Å². The van der Waals surface area contributed by atoms with Gasteiger partial charge in [-0.15, -0.1) is 0 Å². The first-order chi connectivity index (χ1) is 12.9. The fourth-order valence-electron chi connectivity index (χ4n) is 3.58. The van der Waals surface area contributed by atoms with Crippen molar-refractivity contribution in [3.63, 3.8) is 0 Å². The van der Waals surface area contributed by atoms with Crippen molar-refractivity contribution in [2.24, 2.45) is 0 Å². The Kier molecular flexibility index (Phi) is 6.84. The van der Waals surface area contributed by atoms with Crippen LogP contribution in [0, 0.1) is 0 Å². The highest BCUT2D eigenvalue weighted by atomic mass is 14.2. The van der Waals surface area contributed by atoms with Crippen LogP contribution in [0.15, 0.2) is 97.1 Å². The molecule has 0 aliphatic carbocycles. The number of hydrogen-bond donors (Lipinski definition) is 0. The Labute approximate surface area is 158 Å². The number of benzene rings is 3. The third kappa shape index (κ3) is 5.20. The van der Waals surface area contributed by atoms with E-state index < -0.39 is 0 Å². The van der Waals surface area contributed by atoms with Gasteiger partial charge in [0.05, 0.1) is 0 Å². The minimum atomic E-state index is 0.453. The van der Waals surface area contributed by atoms with Crippen molar-refractivity contribution < 1.29 is 0 Å². The summed E-state index contributed by atoms with van der Waals surface area (Å²) in [5, 5.41) is 0. The molecule has 132 valence electrons. The van der Waals surface area contributed by atoms with Gasteiger partial charge in [-0.25, -0.2) is 0 Å². The first-order valence-corrected chi connectivity index (χ1v) is 9.70. The fraction of sp³-hybridized carbons (Fsp3) is 0.231. The number of hydrogen-bond acceptors (Lipinski definition) is 0. The molecule has 0 heterocycles. The molecule has 3 rings (SSSR count). The summed E-state index contributed by atoms with van der Waals surface area (Å²) in [6.07, 6.45) is 8.21. The van der Waals surface area contributed by atoms with Crippen molar-refractivity contribution in [1.29, 1.82) is 0 Å². The molecule has 0 radical (unpaired) electrons. The Bertz CT molecular complexity index is 772. The zero-order valence-corrected chi connectivity index (χ0v) is 15.6. The lowest BCUT2D eigenvalue weighted by molar-refractivity contribution is 0.554. The van der Waals surface area contributed by atoms with Gasteiger partial charge < -0.3 is 0 Å². The van der Waals surface area contributed by atoms with Crippen LogP contribution >= 0.6 is 0 Å². The third-order valence-electron chi connectivity index (χ3n) is 5.14. The average molecular weight is 341 g/mol. The Morgan fingerprint density at radius 2 is 1.19 bits per heavy atom. The minimum Gasteiger partial charge on any atom is -0.0764 e. The molecule has 0 aromatic heterocycles. The molecule has 2 atom stereocenters. The maximum atomic E-state index is 2.38. The molecular formula is C26H28. The second-order valence-corrected chi connectivity index (χ2v) is 6.88. The molecule has 0 fully saturated rings. The first-order valence-electron chi connectivity index (χ1n) is 9.70. The number of rotatable bonds is 8.